The molecule has 0 aliphatic heterocycles. The van der Waals surface area contributed by atoms with Gasteiger partial charge < -0.3 is 2.85 Å². The van der Waals surface area contributed by atoms with Gasteiger partial charge in [-0.15, -0.1) is 0 Å². The number of hydrogen-bond acceptors (Lipinski definition) is 0. The minimum atomic E-state index is 0. The van der Waals surface area contributed by atoms with Crippen LogP contribution in [0, 0.1) is 0 Å². The van der Waals surface area contributed by atoms with Crippen molar-refractivity contribution < 1.29 is 2.85 Å². The number of hydrogen-bond donors (Lipinski definition) is 0. The Morgan fingerprint density at radius 1 is 0.909 bits per heavy atom. The molecule has 2 aromatic rings. The van der Waals surface area contributed by atoms with Crippen LogP contribution in [0.2, 0.25) is 0 Å². The fourth-order valence-corrected chi connectivity index (χ4v) is 2.32. The van der Waals surface area contributed by atoms with E-state index in [1.807, 2.05) is 0 Å². The van der Waals surface area contributed by atoms with Gasteiger partial charge in [0.2, 0.25) is 0 Å². The molecule has 0 atom stereocenters. The van der Waals surface area contributed by atoms with Crippen molar-refractivity contribution >= 4 is 38.5 Å². The van der Waals surface area contributed by atoms with Gasteiger partial charge in [0, 0.05) is 0 Å². The van der Waals surface area contributed by atoms with E-state index in [1.54, 1.807) is 0 Å². The molecule has 0 aromatic heterocycles. The molecule has 0 bridgehead atoms. The van der Waals surface area contributed by atoms with E-state index in [1.165, 1.54) is 38.5 Å². The van der Waals surface area contributed by atoms with E-state index in [2.05, 4.69) is 42.5 Å². The van der Waals surface area contributed by atoms with E-state index in [-0.39, 0.29) is 2.85 Å². The molecule has 0 nitrogen and oxygen atoms in total. The van der Waals surface area contributed by atoms with E-state index >= 15 is 0 Å². The fourth-order valence-electron chi connectivity index (χ4n) is 1.25. The molecule has 0 N–H and O–H groups in total. The summed E-state index contributed by atoms with van der Waals surface area (Å²) in [6, 6.07) is 15.0. The van der Waals surface area contributed by atoms with Gasteiger partial charge in [-0.05, 0) is 0 Å². The Morgan fingerprint density at radius 2 is 1.64 bits per heavy atom. The third-order valence-electron chi connectivity index (χ3n) is 1.82. The first-order chi connectivity index (χ1) is 5.38. The molecule has 52 valence electrons. The molecule has 0 amide bonds. The Morgan fingerprint density at radius 3 is 2.45 bits per heavy atom. The van der Waals surface area contributed by atoms with Gasteiger partial charge in [0.05, 0.1) is 0 Å². The van der Waals surface area contributed by atoms with Crippen LogP contribution in [0.3, 0.4) is 0 Å². The van der Waals surface area contributed by atoms with Crippen LogP contribution in [0.25, 0.3) is 10.8 Å². The molecule has 0 aliphatic rings. The van der Waals surface area contributed by atoms with E-state index in [9.17, 15) is 0 Å². The maximum absolute atomic E-state index is 2.20. The normalized spacial score (nSPS) is 10.4. The van der Waals surface area contributed by atoms with E-state index in [0.29, 0.717) is 0 Å². The molecule has 0 heterocycles. The summed E-state index contributed by atoms with van der Waals surface area (Å²) < 4.78 is 1.48. The van der Waals surface area contributed by atoms with Crippen molar-refractivity contribution in [2.24, 2.45) is 0 Å². The van der Waals surface area contributed by atoms with E-state index < -0.39 is 0 Å². The van der Waals surface area contributed by atoms with Crippen molar-refractivity contribution in [1.82, 2.24) is 0 Å². The van der Waals surface area contributed by atoms with Crippen LogP contribution in [-0.4, -0.2) is 24.4 Å². The van der Waals surface area contributed by atoms with Crippen LogP contribution in [0.1, 0.15) is 2.85 Å². The third kappa shape index (κ3) is 1.30. The van der Waals surface area contributed by atoms with Gasteiger partial charge in [0.25, 0.3) is 0 Å². The average Bonchev–Trinajstić information content (AvgIpc) is 2.06. The van der Waals surface area contributed by atoms with Crippen molar-refractivity contribution in [3.8, 4) is 0 Å². The van der Waals surface area contributed by atoms with Crippen molar-refractivity contribution in [2.75, 3.05) is 0 Å². The molecule has 0 fully saturated rings. The summed E-state index contributed by atoms with van der Waals surface area (Å²) in [4.78, 5) is 0. The van der Waals surface area contributed by atoms with E-state index in [4.69, 9.17) is 0 Å². The summed E-state index contributed by atoms with van der Waals surface area (Å²) in [5.74, 6) is 0. The number of fused-ring (bicyclic) bond motifs is 1. The zero-order valence-corrected chi connectivity index (χ0v) is 9.41. The SMILES string of the molecule is [H-].[H-].[In+2][c]1cccc2ccccc12. The minimum absolute atomic E-state index is 0. The summed E-state index contributed by atoms with van der Waals surface area (Å²) in [6.07, 6.45) is 0. The second-order valence-corrected chi connectivity index (χ2v) is 4.34. The maximum atomic E-state index is 2.20. The Hall–Kier alpha value is -0.430. The van der Waals surface area contributed by atoms with Crippen molar-refractivity contribution in [3.05, 3.63) is 42.5 Å². The van der Waals surface area contributed by atoms with Crippen molar-refractivity contribution in [2.45, 2.75) is 0 Å². The topological polar surface area (TPSA) is 0 Å². The molecular formula is C10H9In. The predicted octanol–water partition coefficient (Wildman–Crippen LogP) is 1.86. The van der Waals surface area contributed by atoms with Crippen LogP contribution < -0.4 is 3.32 Å². The van der Waals surface area contributed by atoms with Gasteiger partial charge in [-0.3, -0.25) is 0 Å². The number of benzene rings is 2. The predicted molar refractivity (Wildman–Crippen MR) is 51.6 cm³/mol. The Labute approximate surface area is 83.8 Å². The van der Waals surface area contributed by atoms with Gasteiger partial charge in [-0.25, -0.2) is 0 Å². The Bertz CT molecular complexity index is 382. The first-order valence-electron chi connectivity index (χ1n) is 3.61. The number of rotatable bonds is 0. The molecule has 0 aliphatic carbocycles. The summed E-state index contributed by atoms with van der Waals surface area (Å²) in [6.45, 7) is 0. The van der Waals surface area contributed by atoms with Crippen LogP contribution >= 0.6 is 0 Å². The van der Waals surface area contributed by atoms with Crippen LogP contribution in [0.4, 0.5) is 0 Å². The second kappa shape index (κ2) is 2.90. The molecule has 0 unspecified atom stereocenters. The van der Waals surface area contributed by atoms with Gasteiger partial charge in [0.15, 0.2) is 0 Å². The molecule has 0 saturated carbocycles. The molecular weight excluding hydrogens is 235 g/mol. The standard InChI is InChI=1S/C10H7.In.2H/c1-2-6-10-8-4-3-7-9(10)5-1;;;/h1-7H;;;/q;+2;2*-1. The monoisotopic (exact) mass is 244 g/mol. The summed E-state index contributed by atoms with van der Waals surface area (Å²) in [5, 5.41) is 2.77. The molecule has 2 rings (SSSR count). The first kappa shape index (κ1) is 7.23. The molecule has 2 aromatic carbocycles. The van der Waals surface area contributed by atoms with Crippen LogP contribution in [0.5, 0.6) is 0 Å². The zero-order chi connectivity index (χ0) is 7.68. The first-order valence-corrected chi connectivity index (χ1v) is 5.26. The Kier molecular flexibility index (Phi) is 1.91. The third-order valence-corrected chi connectivity index (χ3v) is 3.26. The van der Waals surface area contributed by atoms with Gasteiger partial charge in [0.1, 0.15) is 0 Å². The summed E-state index contributed by atoms with van der Waals surface area (Å²) >= 11 is 1.20. The van der Waals surface area contributed by atoms with Crippen LogP contribution in [0.15, 0.2) is 42.5 Å². The van der Waals surface area contributed by atoms with E-state index in [0.717, 1.165) is 0 Å². The molecule has 0 spiro atoms. The zero-order valence-electron chi connectivity index (χ0n) is 8.12. The molecule has 11 heavy (non-hydrogen) atoms. The molecule has 1 heteroatoms. The quantitative estimate of drug-likeness (QED) is 0.663. The Balaban J connectivity index is 0.000000720. The summed E-state index contributed by atoms with van der Waals surface area (Å²) in [7, 11) is 0. The van der Waals surface area contributed by atoms with Crippen LogP contribution in [-0.2, 0) is 0 Å². The summed E-state index contributed by atoms with van der Waals surface area (Å²) in [5.41, 5.74) is 0. The van der Waals surface area contributed by atoms with Gasteiger partial charge in [-0.2, -0.15) is 0 Å². The van der Waals surface area contributed by atoms with Gasteiger partial charge >= 0.3 is 80.9 Å². The molecule has 0 saturated heterocycles. The average molecular weight is 244 g/mol. The second-order valence-electron chi connectivity index (χ2n) is 2.57. The van der Waals surface area contributed by atoms with Gasteiger partial charge in [-0.1, -0.05) is 0 Å². The fraction of sp³-hybridized carbons (Fsp3) is 0. The van der Waals surface area contributed by atoms with Crippen molar-refractivity contribution in [1.29, 1.82) is 0 Å². The van der Waals surface area contributed by atoms with Crippen molar-refractivity contribution in [3.63, 3.8) is 0 Å². The molecule has 0 radical (unpaired) electrons.